The quantitative estimate of drug-likeness (QED) is 0.800. The average Bonchev–Trinajstić information content (AvgIpc) is 2.61. The van der Waals surface area contributed by atoms with Gasteiger partial charge in [-0.25, -0.2) is 14.8 Å². The van der Waals surface area contributed by atoms with Crippen LogP contribution in [0, 0.1) is 0 Å². The zero-order valence-electron chi connectivity index (χ0n) is 8.01. The maximum atomic E-state index is 12.4. The van der Waals surface area contributed by atoms with Gasteiger partial charge in [-0.1, -0.05) is 0 Å². The number of nitrogens with zero attached hydrogens (tertiary/aromatic N) is 2. The SMILES string of the molecule is O=C(O)c1nc(C(F)(F)F)nc2c1CCC2. The van der Waals surface area contributed by atoms with E-state index in [1.165, 1.54) is 0 Å². The van der Waals surface area contributed by atoms with Crippen molar-refractivity contribution in [2.75, 3.05) is 0 Å². The van der Waals surface area contributed by atoms with Gasteiger partial charge in [0.05, 0.1) is 0 Å². The van der Waals surface area contributed by atoms with Gasteiger partial charge in [-0.3, -0.25) is 0 Å². The van der Waals surface area contributed by atoms with E-state index in [1.54, 1.807) is 0 Å². The Morgan fingerprint density at radius 2 is 1.94 bits per heavy atom. The summed E-state index contributed by atoms with van der Waals surface area (Å²) < 4.78 is 37.1. The van der Waals surface area contributed by atoms with Crippen LogP contribution in [0.15, 0.2) is 0 Å². The fourth-order valence-corrected chi connectivity index (χ4v) is 1.74. The van der Waals surface area contributed by atoms with Crippen LogP contribution in [0.2, 0.25) is 0 Å². The summed E-state index contributed by atoms with van der Waals surface area (Å²) in [5.41, 5.74) is 0.0232. The predicted molar refractivity (Wildman–Crippen MR) is 46.0 cm³/mol. The Balaban J connectivity index is 2.61. The van der Waals surface area contributed by atoms with E-state index in [4.69, 9.17) is 5.11 Å². The molecule has 1 aromatic rings. The average molecular weight is 232 g/mol. The standard InChI is InChI=1S/C9H7F3N2O2/c10-9(11,12)8-13-5-3-1-2-4(5)6(14-8)7(15)16/h1-3H2,(H,15,16). The highest BCUT2D eigenvalue weighted by molar-refractivity contribution is 5.87. The van der Waals surface area contributed by atoms with Crippen LogP contribution >= 0.6 is 0 Å². The Morgan fingerprint density at radius 3 is 2.50 bits per heavy atom. The molecular formula is C9H7F3N2O2. The molecule has 7 heteroatoms. The van der Waals surface area contributed by atoms with Crippen molar-refractivity contribution in [1.82, 2.24) is 9.97 Å². The summed E-state index contributed by atoms with van der Waals surface area (Å²) in [6.07, 6.45) is -3.29. The smallest absolute Gasteiger partial charge is 0.451 e. The summed E-state index contributed by atoms with van der Waals surface area (Å²) in [5.74, 6) is -2.81. The normalized spacial score (nSPS) is 14.9. The second kappa shape index (κ2) is 3.43. The Morgan fingerprint density at radius 1 is 1.25 bits per heavy atom. The molecule has 0 amide bonds. The molecule has 0 aromatic carbocycles. The molecule has 1 aromatic heterocycles. The van der Waals surface area contributed by atoms with Crippen LogP contribution < -0.4 is 0 Å². The van der Waals surface area contributed by atoms with E-state index in [-0.39, 0.29) is 5.69 Å². The summed E-state index contributed by atoms with van der Waals surface area (Å²) >= 11 is 0. The number of halogens is 3. The molecule has 0 spiro atoms. The van der Waals surface area contributed by atoms with Gasteiger partial charge in [0.15, 0.2) is 5.69 Å². The summed E-state index contributed by atoms with van der Waals surface area (Å²) in [4.78, 5) is 17.2. The van der Waals surface area contributed by atoms with Gasteiger partial charge in [-0.15, -0.1) is 0 Å². The van der Waals surface area contributed by atoms with Crippen LogP contribution in [-0.4, -0.2) is 21.0 Å². The number of aryl methyl sites for hydroxylation is 1. The van der Waals surface area contributed by atoms with Gasteiger partial charge < -0.3 is 5.11 Å². The summed E-state index contributed by atoms with van der Waals surface area (Å²) in [7, 11) is 0. The zero-order chi connectivity index (χ0) is 11.9. The van der Waals surface area contributed by atoms with E-state index in [9.17, 15) is 18.0 Å². The van der Waals surface area contributed by atoms with Gasteiger partial charge in [0, 0.05) is 11.3 Å². The van der Waals surface area contributed by atoms with Crippen molar-refractivity contribution >= 4 is 5.97 Å². The maximum absolute atomic E-state index is 12.4. The largest absolute Gasteiger partial charge is 0.477 e. The third-order valence-electron chi connectivity index (χ3n) is 2.39. The number of alkyl halides is 3. The van der Waals surface area contributed by atoms with E-state index in [0.29, 0.717) is 24.8 Å². The van der Waals surface area contributed by atoms with Crippen LogP contribution in [0.25, 0.3) is 0 Å². The van der Waals surface area contributed by atoms with Crippen LogP contribution in [0.3, 0.4) is 0 Å². The minimum Gasteiger partial charge on any atom is -0.477 e. The molecule has 16 heavy (non-hydrogen) atoms. The fourth-order valence-electron chi connectivity index (χ4n) is 1.74. The third kappa shape index (κ3) is 1.72. The van der Waals surface area contributed by atoms with E-state index < -0.39 is 23.7 Å². The number of hydrogen-bond donors (Lipinski definition) is 1. The first-order chi connectivity index (χ1) is 7.39. The Kier molecular flexibility index (Phi) is 2.32. The number of carboxylic acids is 1. The molecule has 0 fully saturated rings. The first-order valence-corrected chi connectivity index (χ1v) is 4.60. The molecular weight excluding hydrogens is 225 g/mol. The molecule has 1 N–H and O–H groups in total. The highest BCUT2D eigenvalue weighted by Crippen LogP contribution is 2.30. The van der Waals surface area contributed by atoms with Gasteiger partial charge in [-0.2, -0.15) is 13.2 Å². The molecule has 4 nitrogen and oxygen atoms in total. The van der Waals surface area contributed by atoms with Gasteiger partial charge in [0.1, 0.15) is 0 Å². The monoisotopic (exact) mass is 232 g/mol. The van der Waals surface area contributed by atoms with Crippen molar-refractivity contribution in [2.24, 2.45) is 0 Å². The van der Waals surface area contributed by atoms with Crippen molar-refractivity contribution < 1.29 is 23.1 Å². The summed E-state index contributed by atoms with van der Waals surface area (Å²) in [5, 5.41) is 8.78. The van der Waals surface area contributed by atoms with Crippen molar-refractivity contribution in [3.8, 4) is 0 Å². The van der Waals surface area contributed by atoms with Gasteiger partial charge in [0.2, 0.25) is 5.82 Å². The fraction of sp³-hybridized carbons (Fsp3) is 0.444. The lowest BCUT2D eigenvalue weighted by Gasteiger charge is -2.09. The lowest BCUT2D eigenvalue weighted by molar-refractivity contribution is -0.145. The molecule has 1 aliphatic rings. The number of fused-ring (bicyclic) bond motifs is 1. The number of aromatic carboxylic acids is 1. The molecule has 86 valence electrons. The maximum Gasteiger partial charge on any atom is 0.451 e. The number of carboxylic acid groups (broad SMARTS) is 1. The van der Waals surface area contributed by atoms with Crippen LogP contribution in [-0.2, 0) is 19.0 Å². The molecule has 0 radical (unpaired) electrons. The van der Waals surface area contributed by atoms with Crippen molar-refractivity contribution in [3.63, 3.8) is 0 Å². The van der Waals surface area contributed by atoms with E-state index in [2.05, 4.69) is 9.97 Å². The minimum atomic E-state index is -4.71. The minimum absolute atomic E-state index is 0.208. The van der Waals surface area contributed by atoms with Crippen molar-refractivity contribution in [3.05, 3.63) is 22.8 Å². The van der Waals surface area contributed by atoms with Crippen LogP contribution in [0.5, 0.6) is 0 Å². The predicted octanol–water partition coefficient (Wildman–Crippen LogP) is 1.68. The van der Waals surface area contributed by atoms with Gasteiger partial charge in [-0.05, 0) is 19.3 Å². The molecule has 0 unspecified atom stereocenters. The molecule has 0 aliphatic heterocycles. The second-order valence-corrected chi connectivity index (χ2v) is 3.48. The van der Waals surface area contributed by atoms with Crippen molar-refractivity contribution in [2.45, 2.75) is 25.4 Å². The van der Waals surface area contributed by atoms with Crippen molar-refractivity contribution in [1.29, 1.82) is 0 Å². The number of aromatic nitrogens is 2. The van der Waals surface area contributed by atoms with E-state index in [0.717, 1.165) is 0 Å². The first kappa shape index (κ1) is 10.8. The summed E-state index contributed by atoms with van der Waals surface area (Å²) in [6.45, 7) is 0. The number of rotatable bonds is 1. The third-order valence-corrected chi connectivity index (χ3v) is 2.39. The topological polar surface area (TPSA) is 63.1 Å². The zero-order valence-corrected chi connectivity index (χ0v) is 8.01. The molecule has 0 saturated heterocycles. The lowest BCUT2D eigenvalue weighted by Crippen LogP contribution is -2.17. The van der Waals surface area contributed by atoms with Gasteiger partial charge >= 0.3 is 12.1 Å². The number of carbonyl (C=O) groups is 1. The first-order valence-electron chi connectivity index (χ1n) is 4.60. The number of hydrogen-bond acceptors (Lipinski definition) is 3. The Bertz CT molecular complexity index is 457. The lowest BCUT2D eigenvalue weighted by atomic mass is 10.2. The van der Waals surface area contributed by atoms with Gasteiger partial charge in [0.25, 0.3) is 0 Å². The highest BCUT2D eigenvalue weighted by Gasteiger charge is 2.37. The molecule has 1 aliphatic carbocycles. The summed E-state index contributed by atoms with van der Waals surface area (Å²) in [6, 6.07) is 0. The molecule has 0 atom stereocenters. The molecule has 0 saturated carbocycles. The van der Waals surface area contributed by atoms with Crippen LogP contribution in [0.4, 0.5) is 13.2 Å². The molecule has 1 heterocycles. The Labute approximate surface area is 88.1 Å². The second-order valence-electron chi connectivity index (χ2n) is 3.48. The Hall–Kier alpha value is -1.66. The molecule has 0 bridgehead atoms. The van der Waals surface area contributed by atoms with E-state index >= 15 is 0 Å². The van der Waals surface area contributed by atoms with E-state index in [1.807, 2.05) is 0 Å². The molecule has 2 rings (SSSR count). The van der Waals surface area contributed by atoms with Crippen LogP contribution in [0.1, 0.15) is 34.0 Å². The highest BCUT2D eigenvalue weighted by atomic mass is 19.4.